The second kappa shape index (κ2) is 8.72. The number of nitrogens with zero attached hydrogens (tertiary/aromatic N) is 2. The standard InChI is InChI=1S/C24H25N3OS/c1-3-5-18-8-10-19(11-9-18)24(21-6-4-13-29-21)25-15-20-14-23(28)27-16-17(2)7-12-22(27)26-20/h4,6-14,16,24-25H,3,5,15H2,1-2H3/p+1/t24-/m0/s1. The molecule has 0 amide bonds. The fourth-order valence-electron chi connectivity index (χ4n) is 3.67. The van der Waals surface area contributed by atoms with Gasteiger partial charge in [-0.2, -0.15) is 0 Å². The SMILES string of the molecule is CCCc1ccc([C@H]([NH2+]Cc2cc(=O)n3cc(C)ccc3n2)c2cccs2)cc1. The summed E-state index contributed by atoms with van der Waals surface area (Å²) in [7, 11) is 0. The molecule has 4 rings (SSSR count). The van der Waals surface area contributed by atoms with Crippen molar-refractivity contribution >= 4 is 17.0 Å². The highest BCUT2D eigenvalue weighted by Gasteiger charge is 2.19. The van der Waals surface area contributed by atoms with Crippen molar-refractivity contribution in [3.05, 3.63) is 104 Å². The number of rotatable bonds is 7. The van der Waals surface area contributed by atoms with E-state index >= 15 is 0 Å². The summed E-state index contributed by atoms with van der Waals surface area (Å²) in [6.07, 6.45) is 4.10. The molecular formula is C24H26N3OS+. The van der Waals surface area contributed by atoms with Gasteiger partial charge >= 0.3 is 0 Å². The van der Waals surface area contributed by atoms with Gasteiger partial charge in [0, 0.05) is 17.8 Å². The molecule has 5 heteroatoms. The summed E-state index contributed by atoms with van der Waals surface area (Å²) in [5.74, 6) is 0. The summed E-state index contributed by atoms with van der Waals surface area (Å²) >= 11 is 1.77. The molecule has 4 nitrogen and oxygen atoms in total. The average Bonchev–Trinajstić information content (AvgIpc) is 3.25. The van der Waals surface area contributed by atoms with E-state index in [0.717, 1.165) is 24.1 Å². The molecule has 0 fully saturated rings. The number of fused-ring (bicyclic) bond motifs is 1. The Hall–Kier alpha value is -2.76. The van der Waals surface area contributed by atoms with Crippen LogP contribution in [0.4, 0.5) is 0 Å². The quantitative estimate of drug-likeness (QED) is 0.508. The fourth-order valence-corrected chi connectivity index (χ4v) is 4.52. The highest BCUT2D eigenvalue weighted by Crippen LogP contribution is 2.23. The van der Waals surface area contributed by atoms with Gasteiger partial charge < -0.3 is 5.32 Å². The second-order valence-corrected chi connectivity index (χ2v) is 8.42. The highest BCUT2D eigenvalue weighted by molar-refractivity contribution is 7.10. The Kier molecular flexibility index (Phi) is 5.88. The molecule has 0 aliphatic heterocycles. The number of benzene rings is 1. The van der Waals surface area contributed by atoms with Gasteiger partial charge in [-0.1, -0.05) is 49.7 Å². The first-order valence-corrected chi connectivity index (χ1v) is 11.0. The molecule has 1 atom stereocenters. The van der Waals surface area contributed by atoms with E-state index in [-0.39, 0.29) is 11.6 Å². The van der Waals surface area contributed by atoms with E-state index in [2.05, 4.69) is 54.0 Å². The molecule has 3 heterocycles. The molecule has 148 valence electrons. The van der Waals surface area contributed by atoms with Gasteiger partial charge in [0.15, 0.2) is 0 Å². The number of aromatic nitrogens is 2. The fraction of sp³-hybridized carbons (Fsp3) is 0.250. The van der Waals surface area contributed by atoms with Crippen LogP contribution in [0.1, 0.15) is 46.6 Å². The van der Waals surface area contributed by atoms with E-state index < -0.39 is 0 Å². The van der Waals surface area contributed by atoms with Crippen LogP contribution in [0.3, 0.4) is 0 Å². The van der Waals surface area contributed by atoms with E-state index in [1.54, 1.807) is 21.8 Å². The molecule has 0 radical (unpaired) electrons. The highest BCUT2D eigenvalue weighted by atomic mass is 32.1. The number of nitrogens with two attached hydrogens (primary N) is 1. The number of aryl methyl sites for hydroxylation is 2. The zero-order valence-corrected chi connectivity index (χ0v) is 17.7. The van der Waals surface area contributed by atoms with Crippen molar-refractivity contribution in [2.45, 2.75) is 39.3 Å². The Labute approximate surface area is 174 Å². The maximum Gasteiger partial charge on any atom is 0.258 e. The number of quaternary nitrogens is 1. The third-order valence-electron chi connectivity index (χ3n) is 5.15. The average molecular weight is 405 g/mol. The van der Waals surface area contributed by atoms with E-state index in [1.165, 1.54) is 16.0 Å². The molecule has 3 aromatic heterocycles. The van der Waals surface area contributed by atoms with Gasteiger partial charge in [-0.05, 0) is 42.0 Å². The van der Waals surface area contributed by atoms with Gasteiger partial charge in [-0.15, -0.1) is 11.3 Å². The van der Waals surface area contributed by atoms with Crippen LogP contribution in [-0.2, 0) is 13.0 Å². The van der Waals surface area contributed by atoms with Crippen LogP contribution >= 0.6 is 11.3 Å². The maximum absolute atomic E-state index is 12.5. The van der Waals surface area contributed by atoms with Gasteiger partial charge in [-0.25, -0.2) is 4.98 Å². The van der Waals surface area contributed by atoms with Crippen LogP contribution in [0.15, 0.2) is 71.0 Å². The van der Waals surface area contributed by atoms with Crippen molar-refractivity contribution in [3.8, 4) is 0 Å². The summed E-state index contributed by atoms with van der Waals surface area (Å²) in [6.45, 7) is 4.83. The molecule has 0 aliphatic rings. The van der Waals surface area contributed by atoms with Crippen molar-refractivity contribution in [1.82, 2.24) is 9.38 Å². The Morgan fingerprint density at radius 1 is 1.14 bits per heavy atom. The zero-order valence-electron chi connectivity index (χ0n) is 16.8. The minimum atomic E-state index is -0.0290. The van der Waals surface area contributed by atoms with Crippen LogP contribution in [-0.4, -0.2) is 9.38 Å². The largest absolute Gasteiger partial charge is 0.331 e. The summed E-state index contributed by atoms with van der Waals surface area (Å²) < 4.78 is 1.61. The molecule has 0 bridgehead atoms. The molecule has 0 aliphatic carbocycles. The molecule has 0 saturated carbocycles. The molecule has 0 saturated heterocycles. The third-order valence-corrected chi connectivity index (χ3v) is 6.11. The summed E-state index contributed by atoms with van der Waals surface area (Å²) in [4.78, 5) is 18.5. The Morgan fingerprint density at radius 2 is 1.97 bits per heavy atom. The number of hydrogen-bond acceptors (Lipinski definition) is 3. The minimum Gasteiger partial charge on any atom is -0.331 e. The summed E-state index contributed by atoms with van der Waals surface area (Å²) in [6, 6.07) is 18.9. The van der Waals surface area contributed by atoms with Gasteiger partial charge in [0.25, 0.3) is 5.56 Å². The summed E-state index contributed by atoms with van der Waals surface area (Å²) in [5.41, 5.74) is 5.18. The minimum absolute atomic E-state index is 0.0290. The van der Waals surface area contributed by atoms with Gasteiger partial charge in [-0.3, -0.25) is 9.20 Å². The maximum atomic E-state index is 12.5. The molecule has 0 unspecified atom stereocenters. The van der Waals surface area contributed by atoms with E-state index in [4.69, 9.17) is 4.98 Å². The molecule has 4 aromatic rings. The van der Waals surface area contributed by atoms with E-state index in [0.29, 0.717) is 12.2 Å². The predicted molar refractivity (Wildman–Crippen MR) is 118 cm³/mol. The predicted octanol–water partition coefficient (Wildman–Crippen LogP) is 3.87. The van der Waals surface area contributed by atoms with Gasteiger partial charge in [0.2, 0.25) is 0 Å². The smallest absolute Gasteiger partial charge is 0.258 e. The third kappa shape index (κ3) is 4.47. The molecular weight excluding hydrogens is 378 g/mol. The first-order chi connectivity index (χ1) is 14.1. The molecule has 0 spiro atoms. The lowest BCUT2D eigenvalue weighted by molar-refractivity contribution is -0.702. The lowest BCUT2D eigenvalue weighted by Crippen LogP contribution is -2.84. The van der Waals surface area contributed by atoms with Crippen molar-refractivity contribution < 1.29 is 5.32 Å². The zero-order chi connectivity index (χ0) is 20.2. The van der Waals surface area contributed by atoms with Crippen LogP contribution in [0.5, 0.6) is 0 Å². The summed E-state index contributed by atoms with van der Waals surface area (Å²) in [5, 5.41) is 4.39. The normalized spacial score (nSPS) is 12.3. The molecule has 29 heavy (non-hydrogen) atoms. The second-order valence-electron chi connectivity index (χ2n) is 7.44. The van der Waals surface area contributed by atoms with Crippen LogP contribution in [0.25, 0.3) is 5.65 Å². The van der Waals surface area contributed by atoms with Gasteiger partial charge in [0.1, 0.15) is 23.9 Å². The van der Waals surface area contributed by atoms with Crippen LogP contribution in [0, 0.1) is 6.92 Å². The van der Waals surface area contributed by atoms with Crippen LogP contribution < -0.4 is 10.9 Å². The van der Waals surface area contributed by atoms with Gasteiger partial charge in [0.05, 0.1) is 4.88 Å². The van der Waals surface area contributed by atoms with Crippen molar-refractivity contribution in [3.63, 3.8) is 0 Å². The lowest BCUT2D eigenvalue weighted by Gasteiger charge is -2.15. The van der Waals surface area contributed by atoms with E-state index in [1.807, 2.05) is 25.3 Å². The van der Waals surface area contributed by atoms with Crippen LogP contribution in [0.2, 0.25) is 0 Å². The Morgan fingerprint density at radius 3 is 2.69 bits per heavy atom. The topological polar surface area (TPSA) is 51.0 Å². The first kappa shape index (κ1) is 19.6. The molecule has 1 aromatic carbocycles. The number of hydrogen-bond donors (Lipinski definition) is 1. The number of thiophene rings is 1. The molecule has 2 N–H and O–H groups in total. The van der Waals surface area contributed by atoms with Crippen molar-refractivity contribution in [2.24, 2.45) is 0 Å². The Bertz CT molecular complexity index is 1150. The van der Waals surface area contributed by atoms with E-state index in [9.17, 15) is 4.79 Å². The number of pyridine rings is 1. The van der Waals surface area contributed by atoms with Crippen molar-refractivity contribution in [2.75, 3.05) is 0 Å². The van der Waals surface area contributed by atoms with Crippen molar-refractivity contribution in [1.29, 1.82) is 0 Å². The monoisotopic (exact) mass is 404 g/mol. The lowest BCUT2D eigenvalue weighted by atomic mass is 10.0. The first-order valence-electron chi connectivity index (χ1n) is 10.1. The Balaban J connectivity index is 1.59.